The van der Waals surface area contributed by atoms with Gasteiger partial charge in [-0.05, 0) is 108 Å². The molecule has 2 N–H and O–H groups in total. The van der Waals surface area contributed by atoms with E-state index in [1.807, 2.05) is 0 Å². The van der Waals surface area contributed by atoms with Gasteiger partial charge in [0.15, 0.2) is 0 Å². The quantitative estimate of drug-likeness (QED) is 0.532. The van der Waals surface area contributed by atoms with Crippen molar-refractivity contribution in [3.05, 3.63) is 34.9 Å². The van der Waals surface area contributed by atoms with Crippen molar-refractivity contribution in [1.82, 2.24) is 5.32 Å². The Balaban J connectivity index is 1.55. The summed E-state index contributed by atoms with van der Waals surface area (Å²) < 4.78 is 0. The van der Waals surface area contributed by atoms with Crippen LogP contribution in [0.3, 0.4) is 0 Å². The molecule has 3 aliphatic carbocycles. The molecule has 3 fully saturated rings. The third-order valence-electron chi connectivity index (χ3n) is 9.40. The van der Waals surface area contributed by atoms with Gasteiger partial charge >= 0.3 is 0 Å². The van der Waals surface area contributed by atoms with E-state index in [1.165, 1.54) is 68.9 Å². The molecule has 0 aromatic carbocycles. The minimum Gasteiger partial charge on any atom is -0.396 e. The molecule has 0 spiro atoms. The summed E-state index contributed by atoms with van der Waals surface area (Å²) in [5, 5.41) is 13.5. The van der Waals surface area contributed by atoms with Crippen LogP contribution in [0.2, 0.25) is 0 Å². The lowest BCUT2D eigenvalue weighted by Crippen LogP contribution is -2.58. The van der Waals surface area contributed by atoms with Gasteiger partial charge in [0.2, 0.25) is 0 Å². The molecule has 0 bridgehead atoms. The number of piperidine rings is 1. The third kappa shape index (κ3) is 3.81. The number of aliphatic hydroxyl groups excluding tert-OH is 1. The lowest BCUT2D eigenvalue weighted by Gasteiger charge is -2.49. The number of nitrogens with one attached hydrogen (secondary N) is 1. The van der Waals surface area contributed by atoms with Gasteiger partial charge in [-0.25, -0.2) is 0 Å². The zero-order valence-electron chi connectivity index (χ0n) is 19.3. The lowest BCUT2D eigenvalue weighted by molar-refractivity contribution is 0.123. The second-order valence-electron chi connectivity index (χ2n) is 11.3. The highest BCUT2D eigenvalue weighted by molar-refractivity contribution is 5.41. The van der Waals surface area contributed by atoms with Gasteiger partial charge in [0.25, 0.3) is 0 Å². The lowest BCUT2D eigenvalue weighted by atomic mass is 9.60. The summed E-state index contributed by atoms with van der Waals surface area (Å²) >= 11 is 0. The summed E-state index contributed by atoms with van der Waals surface area (Å²) in [5.41, 5.74) is 6.89. The topological polar surface area (TPSA) is 32.3 Å². The minimum atomic E-state index is 0.259. The SMILES string of the molecule is C=C(C)C1CCC2(C)CC(C3CCC4CCC(CCCO)C4(C)N3)=CC(C)=C2C1. The Kier molecular flexibility index (Phi) is 5.90. The molecule has 2 saturated carbocycles. The normalized spacial score (nSPS) is 42.3. The molecular weight excluding hydrogens is 354 g/mol. The minimum absolute atomic E-state index is 0.259. The molecule has 0 amide bonds. The smallest absolute Gasteiger partial charge is 0.0431 e. The fraction of sp³-hybridized carbons (Fsp3) is 0.778. The maximum atomic E-state index is 9.34. The average Bonchev–Trinajstić information content (AvgIpc) is 3.00. The van der Waals surface area contributed by atoms with Crippen LogP contribution in [0.4, 0.5) is 0 Å². The van der Waals surface area contributed by atoms with Gasteiger partial charge in [0.05, 0.1) is 0 Å². The summed E-state index contributed by atoms with van der Waals surface area (Å²) in [6, 6.07) is 0.540. The fourth-order valence-corrected chi connectivity index (χ4v) is 7.47. The van der Waals surface area contributed by atoms with Crippen LogP contribution >= 0.6 is 0 Å². The highest BCUT2D eigenvalue weighted by Crippen LogP contribution is 2.54. The number of hydrogen-bond acceptors (Lipinski definition) is 2. The standard InChI is InChI=1S/C27H43NO/c1-18(2)20-12-13-26(4)17-21(15-19(3)24(26)16-20)25-11-10-23-9-8-22(7-6-14-29)27(23,5)28-25/h15,20,22-23,25,28-29H,1,6-14,16-17H2,2-5H3. The molecule has 0 radical (unpaired) electrons. The molecule has 29 heavy (non-hydrogen) atoms. The molecule has 2 nitrogen and oxygen atoms in total. The van der Waals surface area contributed by atoms with E-state index in [2.05, 4.69) is 45.7 Å². The number of rotatable bonds is 5. The summed E-state index contributed by atoms with van der Waals surface area (Å²) in [4.78, 5) is 0. The number of hydrogen-bond donors (Lipinski definition) is 2. The summed E-state index contributed by atoms with van der Waals surface area (Å²) in [6.07, 6.45) is 15.1. The summed E-state index contributed by atoms with van der Waals surface area (Å²) in [5.74, 6) is 2.22. The van der Waals surface area contributed by atoms with Gasteiger partial charge in [0.1, 0.15) is 0 Å². The van der Waals surface area contributed by atoms with Gasteiger partial charge in [-0.2, -0.15) is 0 Å². The molecule has 4 aliphatic rings. The first-order chi connectivity index (χ1) is 13.8. The van der Waals surface area contributed by atoms with E-state index in [-0.39, 0.29) is 5.54 Å². The molecule has 6 atom stereocenters. The van der Waals surface area contributed by atoms with Gasteiger partial charge in [-0.15, -0.1) is 0 Å². The van der Waals surface area contributed by atoms with E-state index in [4.69, 9.17) is 0 Å². The van der Waals surface area contributed by atoms with Crippen LogP contribution in [0.5, 0.6) is 0 Å². The molecule has 0 aromatic heterocycles. The Morgan fingerprint density at radius 2 is 1.97 bits per heavy atom. The van der Waals surface area contributed by atoms with Gasteiger partial charge in [-0.1, -0.05) is 41.9 Å². The molecular formula is C27H43NO. The fourth-order valence-electron chi connectivity index (χ4n) is 7.47. The van der Waals surface area contributed by atoms with Gasteiger partial charge in [-0.3, -0.25) is 0 Å². The Bertz CT molecular complexity index is 718. The summed E-state index contributed by atoms with van der Waals surface area (Å²) in [6.45, 7) is 14.2. The molecule has 1 aliphatic heterocycles. The second-order valence-corrected chi connectivity index (χ2v) is 11.3. The zero-order chi connectivity index (χ0) is 20.8. The molecule has 162 valence electrons. The van der Waals surface area contributed by atoms with Crippen molar-refractivity contribution in [3.63, 3.8) is 0 Å². The molecule has 1 heterocycles. The predicted octanol–water partition coefficient (Wildman–Crippen LogP) is 6.32. The third-order valence-corrected chi connectivity index (χ3v) is 9.40. The van der Waals surface area contributed by atoms with Crippen LogP contribution in [0.15, 0.2) is 34.9 Å². The van der Waals surface area contributed by atoms with Gasteiger partial charge in [0, 0.05) is 18.2 Å². The highest BCUT2D eigenvalue weighted by atomic mass is 16.2. The monoisotopic (exact) mass is 397 g/mol. The first-order valence-electron chi connectivity index (χ1n) is 12.2. The molecule has 2 heteroatoms. The second kappa shape index (κ2) is 8.00. The van der Waals surface area contributed by atoms with Crippen LogP contribution in [-0.2, 0) is 0 Å². The molecule has 0 aromatic rings. The van der Waals surface area contributed by atoms with Crippen molar-refractivity contribution in [2.24, 2.45) is 23.2 Å². The maximum absolute atomic E-state index is 9.34. The van der Waals surface area contributed by atoms with Crippen molar-refractivity contribution in [1.29, 1.82) is 0 Å². The first-order valence-corrected chi connectivity index (χ1v) is 12.2. The predicted molar refractivity (Wildman–Crippen MR) is 123 cm³/mol. The summed E-state index contributed by atoms with van der Waals surface area (Å²) in [7, 11) is 0. The van der Waals surface area contributed by atoms with Crippen LogP contribution < -0.4 is 5.32 Å². The van der Waals surface area contributed by atoms with Crippen molar-refractivity contribution < 1.29 is 5.11 Å². The van der Waals surface area contributed by atoms with E-state index >= 15 is 0 Å². The van der Waals surface area contributed by atoms with Crippen molar-refractivity contribution >= 4 is 0 Å². The van der Waals surface area contributed by atoms with Crippen LogP contribution in [-0.4, -0.2) is 23.3 Å². The highest BCUT2D eigenvalue weighted by Gasteiger charge is 2.50. The van der Waals surface area contributed by atoms with Crippen LogP contribution in [0.1, 0.15) is 91.9 Å². The molecule has 1 saturated heterocycles. The number of aliphatic hydroxyl groups is 1. The maximum Gasteiger partial charge on any atom is 0.0431 e. The van der Waals surface area contributed by atoms with E-state index in [0.717, 1.165) is 18.3 Å². The Hall–Kier alpha value is -0.860. The van der Waals surface area contributed by atoms with Crippen molar-refractivity contribution in [2.75, 3.05) is 6.61 Å². The van der Waals surface area contributed by atoms with Crippen LogP contribution in [0, 0.1) is 23.2 Å². The number of fused-ring (bicyclic) bond motifs is 2. The molecule has 6 unspecified atom stereocenters. The van der Waals surface area contributed by atoms with Crippen molar-refractivity contribution in [3.8, 4) is 0 Å². The van der Waals surface area contributed by atoms with Crippen LogP contribution in [0.25, 0.3) is 0 Å². The van der Waals surface area contributed by atoms with E-state index < -0.39 is 0 Å². The largest absolute Gasteiger partial charge is 0.396 e. The molecule has 4 rings (SSSR count). The van der Waals surface area contributed by atoms with E-state index in [0.29, 0.717) is 24.0 Å². The Morgan fingerprint density at radius 1 is 1.21 bits per heavy atom. The van der Waals surface area contributed by atoms with E-state index in [1.54, 1.807) is 11.1 Å². The van der Waals surface area contributed by atoms with Gasteiger partial charge < -0.3 is 10.4 Å². The van der Waals surface area contributed by atoms with Crippen molar-refractivity contribution in [2.45, 2.75) is 103 Å². The van der Waals surface area contributed by atoms with E-state index in [9.17, 15) is 5.11 Å². The number of allylic oxidation sites excluding steroid dienone is 4. The Morgan fingerprint density at radius 3 is 2.69 bits per heavy atom. The average molecular weight is 398 g/mol. The Labute approximate surface area is 178 Å². The zero-order valence-corrected chi connectivity index (χ0v) is 19.3. The first kappa shape index (κ1) is 21.4.